The summed E-state index contributed by atoms with van der Waals surface area (Å²) in [7, 11) is 1.62. The number of methoxy groups -OCH3 is 1. The van der Waals surface area contributed by atoms with E-state index in [0.717, 1.165) is 32.6 Å². The summed E-state index contributed by atoms with van der Waals surface area (Å²) in [6, 6.07) is 9.17. The Kier molecular flexibility index (Phi) is 7.71. The van der Waals surface area contributed by atoms with Crippen molar-refractivity contribution in [2.75, 3.05) is 39.9 Å². The number of carbonyl (C=O) groups is 1. The Hall–Kier alpha value is -1.39. The van der Waals surface area contributed by atoms with Crippen LogP contribution in [0.5, 0.6) is 0 Å². The molecule has 1 saturated heterocycles. The van der Waals surface area contributed by atoms with E-state index in [1.54, 1.807) is 7.11 Å². The third-order valence-corrected chi connectivity index (χ3v) is 6.47. The second-order valence-electron chi connectivity index (χ2n) is 8.38. The molecular weight excluding hydrogens is 336 g/mol. The summed E-state index contributed by atoms with van der Waals surface area (Å²) >= 11 is 0. The molecule has 4 nitrogen and oxygen atoms in total. The van der Waals surface area contributed by atoms with Crippen LogP contribution in [-0.4, -0.2) is 61.6 Å². The Morgan fingerprint density at radius 2 is 1.85 bits per heavy atom. The lowest BCUT2D eigenvalue weighted by atomic mass is 9.94. The first-order valence-corrected chi connectivity index (χ1v) is 10.7. The van der Waals surface area contributed by atoms with Gasteiger partial charge in [-0.2, -0.15) is 0 Å². The van der Waals surface area contributed by atoms with Crippen molar-refractivity contribution in [2.24, 2.45) is 5.92 Å². The van der Waals surface area contributed by atoms with Gasteiger partial charge in [-0.05, 0) is 69.2 Å². The molecule has 150 valence electrons. The van der Waals surface area contributed by atoms with E-state index in [4.69, 9.17) is 4.74 Å². The van der Waals surface area contributed by atoms with E-state index in [-0.39, 0.29) is 12.5 Å². The summed E-state index contributed by atoms with van der Waals surface area (Å²) in [5, 5.41) is 0. The first-order chi connectivity index (χ1) is 13.2. The van der Waals surface area contributed by atoms with Crippen molar-refractivity contribution in [2.45, 2.75) is 57.9 Å². The summed E-state index contributed by atoms with van der Waals surface area (Å²) in [4.78, 5) is 17.3. The van der Waals surface area contributed by atoms with Gasteiger partial charge in [-0.15, -0.1) is 0 Å². The van der Waals surface area contributed by atoms with Gasteiger partial charge in [-0.25, -0.2) is 0 Å². The van der Waals surface area contributed by atoms with Gasteiger partial charge in [0.15, 0.2) is 0 Å². The minimum Gasteiger partial charge on any atom is -0.375 e. The van der Waals surface area contributed by atoms with Gasteiger partial charge < -0.3 is 14.5 Å². The zero-order chi connectivity index (χ0) is 19.1. The van der Waals surface area contributed by atoms with Crippen molar-refractivity contribution in [1.82, 2.24) is 9.80 Å². The van der Waals surface area contributed by atoms with Crippen molar-refractivity contribution in [1.29, 1.82) is 0 Å². The zero-order valence-electron chi connectivity index (χ0n) is 17.2. The van der Waals surface area contributed by atoms with Crippen LogP contribution in [0.1, 0.15) is 49.7 Å². The van der Waals surface area contributed by atoms with Crippen LogP contribution in [0, 0.1) is 12.8 Å². The summed E-state index contributed by atoms with van der Waals surface area (Å²) in [6.07, 6.45) is 8.42. The fourth-order valence-electron chi connectivity index (χ4n) is 4.72. The van der Waals surface area contributed by atoms with Gasteiger partial charge in [0.1, 0.15) is 6.61 Å². The Bertz CT molecular complexity index is 590. The van der Waals surface area contributed by atoms with E-state index in [2.05, 4.69) is 41.0 Å². The van der Waals surface area contributed by atoms with Gasteiger partial charge in [0.05, 0.1) is 0 Å². The van der Waals surface area contributed by atoms with Crippen molar-refractivity contribution in [3.05, 3.63) is 35.4 Å². The maximum absolute atomic E-state index is 12.6. The number of benzene rings is 1. The molecule has 1 heterocycles. The molecule has 0 unspecified atom stereocenters. The Balaban J connectivity index is 1.46. The van der Waals surface area contributed by atoms with E-state index in [1.165, 1.54) is 49.7 Å². The van der Waals surface area contributed by atoms with Gasteiger partial charge >= 0.3 is 0 Å². The number of carbonyl (C=O) groups excluding carboxylic acids is 1. The molecule has 0 bridgehead atoms. The van der Waals surface area contributed by atoms with Crippen LogP contribution in [0.25, 0.3) is 0 Å². The van der Waals surface area contributed by atoms with E-state index in [1.807, 2.05) is 0 Å². The molecule has 0 atom stereocenters. The second kappa shape index (κ2) is 10.2. The fourth-order valence-corrected chi connectivity index (χ4v) is 4.72. The summed E-state index contributed by atoms with van der Waals surface area (Å²) in [6.45, 7) is 6.83. The summed E-state index contributed by atoms with van der Waals surface area (Å²) in [5.41, 5.74) is 2.87. The number of rotatable bonds is 8. The predicted molar refractivity (Wildman–Crippen MR) is 110 cm³/mol. The van der Waals surface area contributed by atoms with E-state index in [0.29, 0.717) is 12.0 Å². The molecule has 3 rings (SSSR count). The summed E-state index contributed by atoms with van der Waals surface area (Å²) < 4.78 is 5.13. The Morgan fingerprint density at radius 1 is 1.15 bits per heavy atom. The average Bonchev–Trinajstić information content (AvgIpc) is 3.21. The third kappa shape index (κ3) is 5.79. The molecule has 1 aliphatic heterocycles. The molecule has 1 saturated carbocycles. The van der Waals surface area contributed by atoms with Crippen molar-refractivity contribution in [3.63, 3.8) is 0 Å². The SMILES string of the molecule is COCC(=O)N(CC1CCN(CCc2ccccc2C)CC1)C1CCCC1. The smallest absolute Gasteiger partial charge is 0.248 e. The van der Waals surface area contributed by atoms with Gasteiger partial charge in [0, 0.05) is 26.2 Å². The van der Waals surface area contributed by atoms with Crippen LogP contribution in [-0.2, 0) is 16.0 Å². The summed E-state index contributed by atoms with van der Waals surface area (Å²) in [5.74, 6) is 0.826. The highest BCUT2D eigenvalue weighted by atomic mass is 16.5. The van der Waals surface area contributed by atoms with E-state index >= 15 is 0 Å². The van der Waals surface area contributed by atoms with Crippen LogP contribution in [0.2, 0.25) is 0 Å². The molecule has 0 radical (unpaired) electrons. The average molecular weight is 373 g/mol. The minimum atomic E-state index is 0.186. The highest BCUT2D eigenvalue weighted by Crippen LogP contribution is 2.27. The van der Waals surface area contributed by atoms with Gasteiger partial charge in [0.25, 0.3) is 0 Å². The van der Waals surface area contributed by atoms with Crippen LogP contribution in [0.3, 0.4) is 0 Å². The first kappa shape index (κ1) is 20.3. The number of hydrogen-bond acceptors (Lipinski definition) is 3. The topological polar surface area (TPSA) is 32.8 Å². The molecule has 2 fully saturated rings. The van der Waals surface area contributed by atoms with E-state index < -0.39 is 0 Å². The third-order valence-electron chi connectivity index (χ3n) is 6.47. The predicted octanol–water partition coefficient (Wildman–Crippen LogP) is 3.67. The molecule has 0 spiro atoms. The lowest BCUT2D eigenvalue weighted by molar-refractivity contribution is -0.138. The molecule has 4 heteroatoms. The largest absolute Gasteiger partial charge is 0.375 e. The maximum atomic E-state index is 12.6. The fraction of sp³-hybridized carbons (Fsp3) is 0.696. The number of amides is 1. The van der Waals surface area contributed by atoms with Crippen LogP contribution < -0.4 is 0 Å². The van der Waals surface area contributed by atoms with Gasteiger partial charge in [-0.1, -0.05) is 37.1 Å². The lowest BCUT2D eigenvalue weighted by Crippen LogP contribution is -2.46. The molecule has 27 heavy (non-hydrogen) atoms. The molecule has 1 aromatic rings. The lowest BCUT2D eigenvalue weighted by Gasteiger charge is -2.37. The standard InChI is InChI=1S/C23H36N2O2/c1-19-7-3-4-8-21(19)13-16-24-14-11-20(12-15-24)17-25(23(26)18-27-2)22-9-5-6-10-22/h3-4,7-8,20,22H,5-6,9-18H2,1-2H3. The molecule has 2 aliphatic rings. The van der Waals surface area contributed by atoms with Crippen molar-refractivity contribution >= 4 is 5.91 Å². The molecule has 0 aromatic heterocycles. The molecule has 0 N–H and O–H groups in total. The first-order valence-electron chi connectivity index (χ1n) is 10.7. The van der Waals surface area contributed by atoms with Crippen LogP contribution in [0.15, 0.2) is 24.3 Å². The number of ether oxygens (including phenoxy) is 1. The number of likely N-dealkylation sites (tertiary alicyclic amines) is 1. The van der Waals surface area contributed by atoms with E-state index in [9.17, 15) is 4.79 Å². The maximum Gasteiger partial charge on any atom is 0.248 e. The van der Waals surface area contributed by atoms with Gasteiger partial charge in [-0.3, -0.25) is 4.79 Å². The monoisotopic (exact) mass is 372 g/mol. The minimum absolute atomic E-state index is 0.186. The van der Waals surface area contributed by atoms with Crippen molar-refractivity contribution in [3.8, 4) is 0 Å². The number of hydrogen-bond donors (Lipinski definition) is 0. The van der Waals surface area contributed by atoms with Crippen LogP contribution >= 0.6 is 0 Å². The van der Waals surface area contributed by atoms with Crippen molar-refractivity contribution < 1.29 is 9.53 Å². The zero-order valence-corrected chi connectivity index (χ0v) is 17.2. The molecule has 1 aromatic carbocycles. The molecule has 1 amide bonds. The normalized spacial score (nSPS) is 19.5. The number of piperidine rings is 1. The highest BCUT2D eigenvalue weighted by molar-refractivity contribution is 5.77. The Labute approximate surface area is 164 Å². The Morgan fingerprint density at radius 3 is 2.52 bits per heavy atom. The number of aryl methyl sites for hydroxylation is 1. The number of nitrogens with zero attached hydrogens (tertiary/aromatic N) is 2. The molecular formula is C23H36N2O2. The quantitative estimate of drug-likeness (QED) is 0.698. The van der Waals surface area contributed by atoms with Gasteiger partial charge in [0.2, 0.25) is 5.91 Å². The highest BCUT2D eigenvalue weighted by Gasteiger charge is 2.30. The second-order valence-corrected chi connectivity index (χ2v) is 8.38. The molecule has 1 aliphatic carbocycles. The van der Waals surface area contributed by atoms with Crippen LogP contribution in [0.4, 0.5) is 0 Å².